The summed E-state index contributed by atoms with van der Waals surface area (Å²) in [5.41, 5.74) is -0.138. The molecule has 0 unspecified atom stereocenters. The maximum atomic E-state index is 15.2. The Hall–Kier alpha value is -1.90. The van der Waals surface area contributed by atoms with E-state index in [0.29, 0.717) is 23.5 Å². The first-order valence-corrected chi connectivity index (χ1v) is 9.94. The molecule has 0 spiro atoms. The van der Waals surface area contributed by atoms with Gasteiger partial charge in [-0.1, -0.05) is 25.5 Å². The average molecular weight is 396 g/mol. The lowest BCUT2D eigenvalue weighted by Gasteiger charge is -2.41. The number of hydrogen-bond acceptors (Lipinski definition) is 2. The zero-order chi connectivity index (χ0) is 19.3. The lowest BCUT2D eigenvalue weighted by Crippen LogP contribution is -2.41. The molecule has 26 heavy (non-hydrogen) atoms. The summed E-state index contributed by atoms with van der Waals surface area (Å²) in [7, 11) is -9.67. The summed E-state index contributed by atoms with van der Waals surface area (Å²) in [5.74, 6) is 0. The van der Waals surface area contributed by atoms with Crippen molar-refractivity contribution in [2.75, 3.05) is 18.0 Å². The molecule has 9 heteroatoms. The Kier molecular flexibility index (Phi) is 3.85. The molecular weight excluding hydrogens is 378 g/mol. The molecule has 0 saturated carbocycles. The van der Waals surface area contributed by atoms with Crippen LogP contribution in [0.4, 0.5) is 29.5 Å². The molecule has 0 atom stereocenters. The van der Waals surface area contributed by atoms with Crippen molar-refractivity contribution < 1.29 is 23.8 Å². The molecule has 0 radical (unpaired) electrons. The Bertz CT molecular complexity index is 812. The van der Waals surface area contributed by atoms with Crippen LogP contribution < -0.4 is 4.90 Å². The molecule has 0 amide bonds. The Morgan fingerprint density at radius 1 is 0.962 bits per heavy atom. The van der Waals surface area contributed by atoms with Gasteiger partial charge in [0.05, 0.1) is 5.69 Å². The number of hydrogen-bond donors (Lipinski definition) is 0. The Morgan fingerprint density at radius 2 is 1.54 bits per heavy atom. The van der Waals surface area contributed by atoms with E-state index in [9.17, 15) is 19.4 Å². The minimum atomic E-state index is -9.67. The molecule has 2 heterocycles. The molecular formula is C17H18F6N2S. The van der Waals surface area contributed by atoms with Crippen molar-refractivity contribution >= 4 is 15.9 Å². The summed E-state index contributed by atoms with van der Waals surface area (Å²) in [4.78, 5) is 3.89. The first kappa shape index (κ1) is 18.9. The maximum Gasteiger partial charge on any atom is 0.310 e. The maximum absolute atomic E-state index is 15.2. The van der Waals surface area contributed by atoms with E-state index in [0.717, 1.165) is 17.7 Å². The van der Waals surface area contributed by atoms with Gasteiger partial charge >= 0.3 is 10.2 Å². The molecule has 1 fully saturated rings. The van der Waals surface area contributed by atoms with Gasteiger partial charge < -0.3 is 4.90 Å². The van der Waals surface area contributed by atoms with Gasteiger partial charge in [-0.05, 0) is 42.8 Å². The molecule has 0 aliphatic carbocycles. The Labute approximate surface area is 147 Å². The standard InChI is InChI=1S/C17H18F6N2S/c1-13-3-2-10-24-16(13)17(18)8-11-25(12-9-17)14-4-6-15(7-5-14)26(19,20,21,22)23/h2-7,10H,8-9,11-12H2,1H3. The Morgan fingerprint density at radius 3 is 2.04 bits per heavy atom. The van der Waals surface area contributed by atoms with Crippen LogP contribution in [0.25, 0.3) is 0 Å². The van der Waals surface area contributed by atoms with Crippen molar-refractivity contribution in [1.29, 1.82) is 0 Å². The molecule has 144 valence electrons. The van der Waals surface area contributed by atoms with Gasteiger partial charge in [0.25, 0.3) is 0 Å². The van der Waals surface area contributed by atoms with Crippen LogP contribution >= 0.6 is 10.2 Å². The van der Waals surface area contributed by atoms with E-state index in [-0.39, 0.29) is 25.9 Å². The van der Waals surface area contributed by atoms with Gasteiger partial charge in [-0.15, -0.1) is 0 Å². The molecule has 1 aliphatic heterocycles. The van der Waals surface area contributed by atoms with Crippen molar-refractivity contribution in [1.82, 2.24) is 4.98 Å². The van der Waals surface area contributed by atoms with Gasteiger partial charge in [-0.3, -0.25) is 4.98 Å². The number of halogens is 6. The molecule has 0 N–H and O–H groups in total. The number of rotatable bonds is 3. The third kappa shape index (κ3) is 3.77. The summed E-state index contributed by atoms with van der Waals surface area (Å²) in [6, 6.07) is 6.27. The summed E-state index contributed by atoms with van der Waals surface area (Å²) >= 11 is 0. The van der Waals surface area contributed by atoms with Crippen molar-refractivity contribution in [3.8, 4) is 0 Å². The smallest absolute Gasteiger partial charge is 0.310 e. The highest BCUT2D eigenvalue weighted by atomic mass is 32.5. The van der Waals surface area contributed by atoms with Gasteiger partial charge in [-0.25, -0.2) is 4.39 Å². The molecule has 1 aliphatic rings. The van der Waals surface area contributed by atoms with Crippen LogP contribution in [-0.4, -0.2) is 18.1 Å². The van der Waals surface area contributed by atoms with Gasteiger partial charge in [0.15, 0.2) is 5.67 Å². The van der Waals surface area contributed by atoms with E-state index in [1.165, 1.54) is 6.20 Å². The Balaban J connectivity index is 1.76. The van der Waals surface area contributed by atoms with Crippen molar-refractivity contribution in [2.45, 2.75) is 30.3 Å². The van der Waals surface area contributed by atoms with Gasteiger partial charge in [0.2, 0.25) is 0 Å². The third-order valence-electron chi connectivity index (χ3n) is 4.64. The predicted molar refractivity (Wildman–Crippen MR) is 91.0 cm³/mol. The zero-order valence-corrected chi connectivity index (χ0v) is 14.8. The van der Waals surface area contributed by atoms with E-state index < -0.39 is 20.8 Å². The van der Waals surface area contributed by atoms with Gasteiger partial charge in [0, 0.05) is 37.8 Å². The molecule has 1 saturated heterocycles. The molecule has 1 aromatic carbocycles. The van der Waals surface area contributed by atoms with E-state index in [1.807, 2.05) is 0 Å². The van der Waals surface area contributed by atoms with Crippen LogP contribution in [0, 0.1) is 6.92 Å². The fourth-order valence-electron chi connectivity index (χ4n) is 3.23. The monoisotopic (exact) mass is 396 g/mol. The van der Waals surface area contributed by atoms with Crippen molar-refractivity contribution in [2.24, 2.45) is 0 Å². The number of nitrogens with zero attached hydrogens (tertiary/aromatic N) is 2. The number of piperidine rings is 1. The fraction of sp³-hybridized carbons (Fsp3) is 0.353. The van der Waals surface area contributed by atoms with Crippen LogP contribution in [0.1, 0.15) is 24.1 Å². The van der Waals surface area contributed by atoms with E-state index in [1.54, 1.807) is 24.0 Å². The SMILES string of the molecule is Cc1cccnc1C1(F)CCN(c2ccc(S(F)(F)(F)(F)F)cc2)CC1. The van der Waals surface area contributed by atoms with Gasteiger partial charge in [-0.2, -0.15) is 0 Å². The van der Waals surface area contributed by atoms with Crippen LogP contribution in [-0.2, 0) is 5.67 Å². The lowest BCUT2D eigenvalue weighted by molar-refractivity contribution is 0.118. The summed E-state index contributed by atoms with van der Waals surface area (Å²) in [5, 5.41) is 0. The number of aryl methyl sites for hydroxylation is 1. The van der Waals surface area contributed by atoms with Crippen LogP contribution in [0.2, 0.25) is 0 Å². The van der Waals surface area contributed by atoms with E-state index in [2.05, 4.69) is 4.98 Å². The highest BCUT2D eigenvalue weighted by Gasteiger charge is 2.65. The highest BCUT2D eigenvalue weighted by Crippen LogP contribution is 3.02. The second-order valence-electron chi connectivity index (χ2n) is 6.58. The van der Waals surface area contributed by atoms with Crippen molar-refractivity contribution in [3.05, 3.63) is 53.9 Å². The summed E-state index contributed by atoms with van der Waals surface area (Å²) in [6.07, 6.45) is 1.76. The first-order valence-electron chi connectivity index (χ1n) is 7.99. The second kappa shape index (κ2) is 5.31. The number of alkyl halides is 1. The quantitative estimate of drug-likeness (QED) is 0.550. The van der Waals surface area contributed by atoms with Gasteiger partial charge in [0.1, 0.15) is 4.90 Å². The summed E-state index contributed by atoms with van der Waals surface area (Å²) in [6.45, 7) is 2.28. The van der Waals surface area contributed by atoms with Crippen LogP contribution in [0.5, 0.6) is 0 Å². The van der Waals surface area contributed by atoms with E-state index >= 15 is 4.39 Å². The largest absolute Gasteiger partial charge is 0.371 e. The fourth-order valence-corrected chi connectivity index (χ4v) is 3.88. The molecule has 2 aromatic rings. The van der Waals surface area contributed by atoms with Crippen LogP contribution in [0.15, 0.2) is 47.5 Å². The topological polar surface area (TPSA) is 16.1 Å². The van der Waals surface area contributed by atoms with Crippen LogP contribution in [0.3, 0.4) is 0 Å². The first-order chi connectivity index (χ1) is 11.8. The molecule has 2 nitrogen and oxygen atoms in total. The molecule has 3 rings (SSSR count). The lowest BCUT2D eigenvalue weighted by atomic mass is 9.87. The number of aromatic nitrogens is 1. The highest BCUT2D eigenvalue weighted by molar-refractivity contribution is 8.45. The number of benzene rings is 1. The minimum Gasteiger partial charge on any atom is -0.371 e. The third-order valence-corrected chi connectivity index (χ3v) is 5.80. The number of anilines is 1. The number of pyridine rings is 1. The zero-order valence-electron chi connectivity index (χ0n) is 13.9. The van der Waals surface area contributed by atoms with E-state index in [4.69, 9.17) is 0 Å². The van der Waals surface area contributed by atoms with Crippen molar-refractivity contribution in [3.63, 3.8) is 0 Å². The average Bonchev–Trinajstić information content (AvgIpc) is 2.54. The second-order valence-corrected chi connectivity index (χ2v) is 8.99. The summed E-state index contributed by atoms with van der Waals surface area (Å²) < 4.78 is 79.1. The molecule has 0 bridgehead atoms. The minimum absolute atomic E-state index is 0.119. The molecule has 1 aromatic heterocycles. The normalized spacial score (nSPS) is 20.3. The predicted octanol–water partition coefficient (Wildman–Crippen LogP) is 6.51.